The van der Waals surface area contributed by atoms with Gasteiger partial charge in [-0.15, -0.1) is 0 Å². The SMILES string of the molecule is NCc1ccc(F)c(C=Cc2ccccc2)c1. The van der Waals surface area contributed by atoms with Crippen LogP contribution in [-0.2, 0) is 6.54 Å². The first-order valence-corrected chi connectivity index (χ1v) is 5.51. The summed E-state index contributed by atoms with van der Waals surface area (Å²) in [6.45, 7) is 0.423. The molecule has 2 aromatic rings. The molecular formula is C15H14FN. The summed E-state index contributed by atoms with van der Waals surface area (Å²) >= 11 is 0. The molecule has 0 saturated heterocycles. The zero-order valence-electron chi connectivity index (χ0n) is 9.44. The lowest BCUT2D eigenvalue weighted by molar-refractivity contribution is 0.624. The molecule has 0 amide bonds. The van der Waals surface area contributed by atoms with Gasteiger partial charge in [-0.05, 0) is 23.3 Å². The molecule has 86 valence electrons. The van der Waals surface area contributed by atoms with Gasteiger partial charge in [-0.25, -0.2) is 4.39 Å². The van der Waals surface area contributed by atoms with Crippen molar-refractivity contribution >= 4 is 12.2 Å². The average molecular weight is 227 g/mol. The van der Waals surface area contributed by atoms with Gasteiger partial charge >= 0.3 is 0 Å². The largest absolute Gasteiger partial charge is 0.326 e. The zero-order valence-corrected chi connectivity index (χ0v) is 9.44. The van der Waals surface area contributed by atoms with E-state index in [0.29, 0.717) is 12.1 Å². The Morgan fingerprint density at radius 3 is 2.47 bits per heavy atom. The van der Waals surface area contributed by atoms with Crippen LogP contribution < -0.4 is 5.73 Å². The number of benzene rings is 2. The Balaban J connectivity index is 2.26. The van der Waals surface area contributed by atoms with E-state index in [2.05, 4.69) is 0 Å². The van der Waals surface area contributed by atoms with Crippen molar-refractivity contribution < 1.29 is 4.39 Å². The smallest absolute Gasteiger partial charge is 0.130 e. The van der Waals surface area contributed by atoms with Gasteiger partial charge in [0.25, 0.3) is 0 Å². The first-order chi connectivity index (χ1) is 8.29. The third-order valence-corrected chi connectivity index (χ3v) is 2.55. The highest BCUT2D eigenvalue weighted by Gasteiger charge is 1.99. The van der Waals surface area contributed by atoms with Crippen LogP contribution in [0.15, 0.2) is 48.5 Å². The highest BCUT2D eigenvalue weighted by Crippen LogP contribution is 2.14. The number of rotatable bonds is 3. The average Bonchev–Trinajstić information content (AvgIpc) is 2.39. The molecule has 0 aliphatic heterocycles. The molecule has 2 N–H and O–H groups in total. The highest BCUT2D eigenvalue weighted by molar-refractivity contribution is 5.70. The highest BCUT2D eigenvalue weighted by atomic mass is 19.1. The Labute approximate surface area is 100 Å². The van der Waals surface area contributed by atoms with E-state index in [9.17, 15) is 4.39 Å². The fourth-order valence-corrected chi connectivity index (χ4v) is 1.60. The Bertz CT molecular complexity index is 518. The molecule has 0 radical (unpaired) electrons. The zero-order chi connectivity index (χ0) is 12.1. The molecule has 0 heterocycles. The van der Waals surface area contributed by atoms with Crippen LogP contribution in [0.2, 0.25) is 0 Å². The second-order valence-electron chi connectivity index (χ2n) is 3.80. The van der Waals surface area contributed by atoms with E-state index >= 15 is 0 Å². The van der Waals surface area contributed by atoms with Gasteiger partial charge in [0.1, 0.15) is 5.82 Å². The standard InChI is InChI=1S/C15H14FN/c16-15-9-7-13(11-17)10-14(15)8-6-12-4-2-1-3-5-12/h1-10H,11,17H2. The van der Waals surface area contributed by atoms with E-state index in [1.54, 1.807) is 18.2 Å². The number of halogens is 1. The fourth-order valence-electron chi connectivity index (χ4n) is 1.60. The van der Waals surface area contributed by atoms with E-state index in [1.165, 1.54) is 6.07 Å². The first kappa shape index (κ1) is 11.6. The minimum Gasteiger partial charge on any atom is -0.326 e. The molecular weight excluding hydrogens is 213 g/mol. The molecule has 0 unspecified atom stereocenters. The normalized spacial score (nSPS) is 10.9. The lowest BCUT2D eigenvalue weighted by Crippen LogP contribution is -1.97. The van der Waals surface area contributed by atoms with Crippen LogP contribution in [0, 0.1) is 5.82 Å². The molecule has 0 aliphatic carbocycles. The van der Waals surface area contributed by atoms with Crippen LogP contribution in [-0.4, -0.2) is 0 Å². The van der Waals surface area contributed by atoms with Crippen LogP contribution in [0.3, 0.4) is 0 Å². The molecule has 0 aliphatic rings. The van der Waals surface area contributed by atoms with Gasteiger partial charge in [0.2, 0.25) is 0 Å². The molecule has 17 heavy (non-hydrogen) atoms. The molecule has 2 rings (SSSR count). The Hall–Kier alpha value is -1.93. The second-order valence-corrected chi connectivity index (χ2v) is 3.80. The van der Waals surface area contributed by atoms with E-state index in [-0.39, 0.29) is 5.82 Å². The molecule has 0 spiro atoms. The summed E-state index contributed by atoms with van der Waals surface area (Å²) in [5.41, 5.74) is 8.07. The minimum absolute atomic E-state index is 0.227. The summed E-state index contributed by atoms with van der Waals surface area (Å²) in [5.74, 6) is -0.227. The van der Waals surface area contributed by atoms with Gasteiger partial charge in [0, 0.05) is 12.1 Å². The van der Waals surface area contributed by atoms with Crippen molar-refractivity contribution in [3.05, 3.63) is 71.0 Å². The predicted octanol–water partition coefficient (Wildman–Crippen LogP) is 3.45. The van der Waals surface area contributed by atoms with Crippen molar-refractivity contribution in [3.63, 3.8) is 0 Å². The van der Waals surface area contributed by atoms with E-state index in [0.717, 1.165) is 11.1 Å². The molecule has 0 saturated carbocycles. The lowest BCUT2D eigenvalue weighted by atomic mass is 10.1. The maximum Gasteiger partial charge on any atom is 0.130 e. The maximum absolute atomic E-state index is 13.5. The summed E-state index contributed by atoms with van der Waals surface area (Å²) in [6.07, 6.45) is 3.66. The van der Waals surface area contributed by atoms with E-state index < -0.39 is 0 Å². The van der Waals surface area contributed by atoms with Gasteiger partial charge in [0.05, 0.1) is 0 Å². The van der Waals surface area contributed by atoms with E-state index in [4.69, 9.17) is 5.73 Å². The third kappa shape index (κ3) is 3.02. The fraction of sp³-hybridized carbons (Fsp3) is 0.0667. The van der Waals surface area contributed by atoms with Gasteiger partial charge < -0.3 is 5.73 Å². The Kier molecular flexibility index (Phi) is 3.68. The predicted molar refractivity (Wildman–Crippen MR) is 69.7 cm³/mol. The molecule has 1 nitrogen and oxygen atoms in total. The van der Waals surface area contributed by atoms with Crippen LogP contribution in [0.5, 0.6) is 0 Å². The molecule has 2 heteroatoms. The van der Waals surface area contributed by atoms with Crippen LogP contribution in [0.4, 0.5) is 4.39 Å². The van der Waals surface area contributed by atoms with Crippen LogP contribution in [0.1, 0.15) is 16.7 Å². The monoisotopic (exact) mass is 227 g/mol. The summed E-state index contributed by atoms with van der Waals surface area (Å²) in [4.78, 5) is 0. The van der Waals surface area contributed by atoms with Crippen LogP contribution >= 0.6 is 0 Å². The van der Waals surface area contributed by atoms with Crippen molar-refractivity contribution in [1.82, 2.24) is 0 Å². The maximum atomic E-state index is 13.5. The van der Waals surface area contributed by atoms with Crippen molar-refractivity contribution in [2.75, 3.05) is 0 Å². The first-order valence-electron chi connectivity index (χ1n) is 5.51. The Morgan fingerprint density at radius 2 is 1.76 bits per heavy atom. The topological polar surface area (TPSA) is 26.0 Å². The van der Waals surface area contributed by atoms with Gasteiger partial charge in [-0.1, -0.05) is 48.6 Å². The summed E-state index contributed by atoms with van der Waals surface area (Å²) in [7, 11) is 0. The number of hydrogen-bond acceptors (Lipinski definition) is 1. The minimum atomic E-state index is -0.227. The quantitative estimate of drug-likeness (QED) is 0.798. The van der Waals surface area contributed by atoms with Crippen molar-refractivity contribution in [2.24, 2.45) is 5.73 Å². The molecule has 0 fully saturated rings. The number of hydrogen-bond donors (Lipinski definition) is 1. The molecule has 0 atom stereocenters. The summed E-state index contributed by atoms with van der Waals surface area (Å²) < 4.78 is 13.5. The lowest BCUT2D eigenvalue weighted by Gasteiger charge is -2.01. The summed E-state index contributed by atoms with van der Waals surface area (Å²) in [5, 5.41) is 0. The molecule has 2 aromatic carbocycles. The summed E-state index contributed by atoms with van der Waals surface area (Å²) in [6, 6.07) is 14.7. The Morgan fingerprint density at radius 1 is 1.00 bits per heavy atom. The van der Waals surface area contributed by atoms with Crippen molar-refractivity contribution in [3.8, 4) is 0 Å². The van der Waals surface area contributed by atoms with E-state index in [1.807, 2.05) is 36.4 Å². The molecule has 0 bridgehead atoms. The van der Waals surface area contributed by atoms with Gasteiger partial charge in [-0.3, -0.25) is 0 Å². The second kappa shape index (κ2) is 5.41. The van der Waals surface area contributed by atoms with Gasteiger partial charge in [-0.2, -0.15) is 0 Å². The molecule has 0 aromatic heterocycles. The van der Waals surface area contributed by atoms with Gasteiger partial charge in [0.15, 0.2) is 0 Å². The third-order valence-electron chi connectivity index (χ3n) is 2.55. The van der Waals surface area contributed by atoms with Crippen LogP contribution in [0.25, 0.3) is 12.2 Å². The van der Waals surface area contributed by atoms with Crippen molar-refractivity contribution in [1.29, 1.82) is 0 Å². The van der Waals surface area contributed by atoms with Crippen molar-refractivity contribution in [2.45, 2.75) is 6.54 Å². The number of nitrogens with two attached hydrogens (primary N) is 1.